The van der Waals surface area contributed by atoms with E-state index in [9.17, 15) is 9.59 Å². The van der Waals surface area contributed by atoms with Crippen LogP contribution in [0.1, 0.15) is 12.8 Å². The van der Waals surface area contributed by atoms with Gasteiger partial charge in [0.1, 0.15) is 19.3 Å². The fourth-order valence-corrected chi connectivity index (χ4v) is 2.75. The molecule has 2 amide bonds. The van der Waals surface area contributed by atoms with Crippen LogP contribution in [-0.4, -0.2) is 77.8 Å². The maximum Gasteiger partial charge on any atom is 0.410 e. The van der Waals surface area contributed by atoms with Crippen LogP contribution in [-0.2, 0) is 9.53 Å². The van der Waals surface area contributed by atoms with E-state index in [2.05, 4.69) is 9.97 Å². The number of rotatable bonds is 5. The third-order valence-electron chi connectivity index (χ3n) is 3.99. The number of aromatic nitrogens is 2. The van der Waals surface area contributed by atoms with Crippen molar-refractivity contribution in [3.63, 3.8) is 0 Å². The van der Waals surface area contributed by atoms with E-state index >= 15 is 0 Å². The van der Waals surface area contributed by atoms with Crippen molar-refractivity contribution in [1.82, 2.24) is 19.8 Å². The molecule has 2 aliphatic rings. The molecule has 0 spiro atoms. The lowest BCUT2D eigenvalue weighted by Gasteiger charge is -2.33. The van der Waals surface area contributed by atoms with Crippen molar-refractivity contribution in [2.75, 3.05) is 39.9 Å². The first-order valence-corrected chi connectivity index (χ1v) is 7.88. The van der Waals surface area contributed by atoms with Crippen molar-refractivity contribution in [3.05, 3.63) is 12.4 Å². The zero-order chi connectivity index (χ0) is 16.9. The first-order chi connectivity index (χ1) is 11.7. The highest BCUT2D eigenvalue weighted by molar-refractivity contribution is 5.83. The second-order valence-corrected chi connectivity index (χ2v) is 5.66. The van der Waals surface area contributed by atoms with Gasteiger partial charge < -0.3 is 19.1 Å². The number of nitrogens with zero attached hydrogens (tertiary/aromatic N) is 4. The van der Waals surface area contributed by atoms with Crippen molar-refractivity contribution in [2.24, 2.45) is 0 Å². The highest BCUT2D eigenvalue weighted by atomic mass is 16.6. The molecule has 130 valence electrons. The van der Waals surface area contributed by atoms with Gasteiger partial charge >= 0.3 is 6.09 Å². The van der Waals surface area contributed by atoms with Crippen LogP contribution in [0.15, 0.2) is 12.4 Å². The number of hydrogen-bond donors (Lipinski definition) is 0. The summed E-state index contributed by atoms with van der Waals surface area (Å²) in [5.41, 5.74) is 0. The minimum absolute atomic E-state index is 0.0461. The van der Waals surface area contributed by atoms with E-state index in [0.717, 1.165) is 12.8 Å². The molecule has 0 radical (unpaired) electrons. The van der Waals surface area contributed by atoms with Crippen LogP contribution < -0.4 is 9.47 Å². The molecule has 0 aromatic carbocycles. The number of carbonyl (C=O) groups is 2. The van der Waals surface area contributed by atoms with E-state index in [-0.39, 0.29) is 18.6 Å². The number of methoxy groups -OCH3 is 1. The minimum Gasteiger partial charge on any atom is -0.480 e. The van der Waals surface area contributed by atoms with Gasteiger partial charge in [0.05, 0.1) is 32.6 Å². The molecule has 1 atom stereocenters. The molecule has 1 unspecified atom stereocenters. The van der Waals surface area contributed by atoms with Crippen molar-refractivity contribution in [2.45, 2.75) is 18.9 Å². The van der Waals surface area contributed by atoms with Crippen LogP contribution in [0.25, 0.3) is 0 Å². The molecule has 3 heterocycles. The molecule has 1 aromatic rings. The second-order valence-electron chi connectivity index (χ2n) is 5.66. The SMILES string of the molecule is COc1cncc(OC2CCCN(C(=O)CN3CCOC3=O)C2)n1. The smallest absolute Gasteiger partial charge is 0.410 e. The van der Waals surface area contributed by atoms with Gasteiger partial charge in [0.15, 0.2) is 0 Å². The van der Waals surface area contributed by atoms with Gasteiger partial charge in [0.25, 0.3) is 0 Å². The van der Waals surface area contributed by atoms with Crippen LogP contribution in [0.4, 0.5) is 4.79 Å². The molecule has 0 aliphatic carbocycles. The highest BCUT2D eigenvalue weighted by Gasteiger charge is 2.30. The molecular weight excluding hydrogens is 316 g/mol. The Labute approximate surface area is 139 Å². The molecule has 1 aromatic heterocycles. The maximum absolute atomic E-state index is 12.4. The summed E-state index contributed by atoms with van der Waals surface area (Å²) >= 11 is 0. The number of ether oxygens (including phenoxy) is 3. The second kappa shape index (κ2) is 7.33. The Morgan fingerprint density at radius 2 is 2.21 bits per heavy atom. The molecule has 2 saturated heterocycles. The molecule has 0 N–H and O–H groups in total. The molecule has 0 bridgehead atoms. The lowest BCUT2D eigenvalue weighted by atomic mass is 10.1. The Morgan fingerprint density at radius 1 is 1.38 bits per heavy atom. The lowest BCUT2D eigenvalue weighted by molar-refractivity contribution is -0.134. The van der Waals surface area contributed by atoms with E-state index in [1.54, 1.807) is 4.90 Å². The number of hydrogen-bond acceptors (Lipinski definition) is 7. The molecule has 9 nitrogen and oxygen atoms in total. The van der Waals surface area contributed by atoms with Crippen LogP contribution in [0, 0.1) is 0 Å². The van der Waals surface area contributed by atoms with Gasteiger partial charge in [-0.2, -0.15) is 4.98 Å². The number of amides is 2. The lowest BCUT2D eigenvalue weighted by Crippen LogP contribution is -2.48. The first kappa shape index (κ1) is 16.3. The third kappa shape index (κ3) is 3.84. The molecule has 24 heavy (non-hydrogen) atoms. The zero-order valence-corrected chi connectivity index (χ0v) is 13.5. The van der Waals surface area contributed by atoms with Gasteiger partial charge in [-0.05, 0) is 12.8 Å². The van der Waals surface area contributed by atoms with E-state index in [0.29, 0.717) is 38.0 Å². The van der Waals surface area contributed by atoms with Gasteiger partial charge in [-0.1, -0.05) is 0 Å². The third-order valence-corrected chi connectivity index (χ3v) is 3.99. The van der Waals surface area contributed by atoms with Crippen LogP contribution in [0.5, 0.6) is 11.8 Å². The van der Waals surface area contributed by atoms with E-state index < -0.39 is 6.09 Å². The fourth-order valence-electron chi connectivity index (χ4n) is 2.75. The summed E-state index contributed by atoms with van der Waals surface area (Å²) in [6.45, 7) is 1.96. The summed E-state index contributed by atoms with van der Waals surface area (Å²) in [7, 11) is 1.51. The summed E-state index contributed by atoms with van der Waals surface area (Å²) in [5.74, 6) is 0.652. The predicted octanol–water partition coefficient (Wildman–Crippen LogP) is 0.307. The highest BCUT2D eigenvalue weighted by Crippen LogP contribution is 2.18. The number of likely N-dealkylation sites (tertiary alicyclic amines) is 1. The van der Waals surface area contributed by atoms with Crippen molar-refractivity contribution in [3.8, 4) is 11.8 Å². The normalized spacial score (nSPS) is 20.7. The predicted molar refractivity (Wildman–Crippen MR) is 81.7 cm³/mol. The van der Waals surface area contributed by atoms with Crippen molar-refractivity contribution >= 4 is 12.0 Å². The largest absolute Gasteiger partial charge is 0.480 e. The summed E-state index contributed by atoms with van der Waals surface area (Å²) in [5, 5.41) is 0. The van der Waals surface area contributed by atoms with Crippen LogP contribution in [0.2, 0.25) is 0 Å². The molecule has 9 heteroatoms. The topological polar surface area (TPSA) is 94.1 Å². The Kier molecular flexibility index (Phi) is 4.97. The summed E-state index contributed by atoms with van der Waals surface area (Å²) in [6, 6.07) is 0. The maximum atomic E-state index is 12.4. The van der Waals surface area contributed by atoms with Crippen molar-refractivity contribution in [1.29, 1.82) is 0 Å². The van der Waals surface area contributed by atoms with Crippen LogP contribution in [0.3, 0.4) is 0 Å². The molecule has 0 saturated carbocycles. The van der Waals surface area contributed by atoms with E-state index in [1.807, 2.05) is 0 Å². The van der Waals surface area contributed by atoms with Crippen LogP contribution >= 0.6 is 0 Å². The first-order valence-electron chi connectivity index (χ1n) is 7.88. The van der Waals surface area contributed by atoms with Crippen molar-refractivity contribution < 1.29 is 23.8 Å². The fraction of sp³-hybridized carbons (Fsp3) is 0.600. The Morgan fingerprint density at radius 3 is 2.96 bits per heavy atom. The molecule has 2 fully saturated rings. The zero-order valence-electron chi connectivity index (χ0n) is 13.5. The van der Waals surface area contributed by atoms with Gasteiger partial charge in [0.2, 0.25) is 17.7 Å². The summed E-state index contributed by atoms with van der Waals surface area (Å²) in [4.78, 5) is 35.1. The minimum atomic E-state index is -0.431. The molecule has 3 rings (SSSR count). The molecule has 2 aliphatic heterocycles. The Bertz CT molecular complexity index is 611. The van der Waals surface area contributed by atoms with Gasteiger partial charge in [-0.15, -0.1) is 0 Å². The van der Waals surface area contributed by atoms with E-state index in [4.69, 9.17) is 14.2 Å². The number of carbonyl (C=O) groups excluding carboxylic acids is 2. The number of cyclic esters (lactones) is 1. The Balaban J connectivity index is 1.55. The Hall–Kier alpha value is -2.58. The average Bonchev–Trinajstić information content (AvgIpc) is 3.00. The molecular formula is C15H20N4O5. The van der Waals surface area contributed by atoms with E-state index in [1.165, 1.54) is 24.4 Å². The van der Waals surface area contributed by atoms with Gasteiger partial charge in [-0.25, -0.2) is 4.79 Å². The summed E-state index contributed by atoms with van der Waals surface area (Å²) < 4.78 is 15.7. The average molecular weight is 336 g/mol. The number of piperidine rings is 1. The summed E-state index contributed by atoms with van der Waals surface area (Å²) in [6.07, 6.45) is 4.09. The standard InChI is InChI=1S/C15H20N4O5/c1-22-12-7-16-8-13(17-12)24-11-3-2-4-18(9-11)14(20)10-19-5-6-23-15(19)21/h7-8,11H,2-6,9-10H2,1H3. The van der Waals surface area contributed by atoms with Gasteiger partial charge in [-0.3, -0.25) is 14.7 Å². The van der Waals surface area contributed by atoms with Gasteiger partial charge in [0, 0.05) is 6.54 Å². The quantitative estimate of drug-likeness (QED) is 0.763. The monoisotopic (exact) mass is 336 g/mol.